The van der Waals surface area contributed by atoms with Crippen molar-refractivity contribution in [3.63, 3.8) is 0 Å². The number of nitrogens with zero attached hydrogens (tertiary/aromatic N) is 1. The summed E-state index contributed by atoms with van der Waals surface area (Å²) in [5.74, 6) is 0.672. The largest absolute Gasteiger partial charge is 0.375 e. The summed E-state index contributed by atoms with van der Waals surface area (Å²) < 4.78 is 5.57. The van der Waals surface area contributed by atoms with Gasteiger partial charge in [-0.1, -0.05) is 13.8 Å². The van der Waals surface area contributed by atoms with Crippen LogP contribution in [0.15, 0.2) is 0 Å². The Morgan fingerprint density at radius 2 is 2.10 bits per heavy atom. The minimum atomic E-state index is 0.521. The van der Waals surface area contributed by atoms with Gasteiger partial charge in [0.15, 0.2) is 0 Å². The number of rotatable bonds is 3. The smallest absolute Gasteiger partial charge is 0.0828 e. The standard InChI is InChI=1S/C8H17NO/c1-7(2)6-10-8-4-9(3)5-8/h7-8H,4-6H2,1-3H3. The lowest BCUT2D eigenvalue weighted by molar-refractivity contribution is -0.0521. The van der Waals surface area contributed by atoms with Crippen LogP contribution in [0.4, 0.5) is 0 Å². The predicted octanol–water partition coefficient (Wildman–Crippen LogP) is 0.973. The molecule has 0 saturated carbocycles. The molecule has 0 amide bonds. The zero-order valence-corrected chi connectivity index (χ0v) is 7.13. The van der Waals surface area contributed by atoms with Gasteiger partial charge in [-0.15, -0.1) is 0 Å². The highest BCUT2D eigenvalue weighted by Gasteiger charge is 2.23. The molecule has 0 unspecified atom stereocenters. The van der Waals surface area contributed by atoms with Gasteiger partial charge in [0.2, 0.25) is 0 Å². The van der Waals surface area contributed by atoms with Gasteiger partial charge in [-0.25, -0.2) is 0 Å². The Bertz CT molecular complexity index is 97.4. The zero-order valence-electron chi connectivity index (χ0n) is 7.13. The fraction of sp³-hybridized carbons (Fsp3) is 1.00. The first-order valence-electron chi connectivity index (χ1n) is 3.98. The molecule has 0 aromatic rings. The van der Waals surface area contributed by atoms with Crippen molar-refractivity contribution >= 4 is 0 Å². The highest BCUT2D eigenvalue weighted by molar-refractivity contribution is 4.77. The van der Waals surface area contributed by atoms with Gasteiger partial charge in [-0.3, -0.25) is 0 Å². The van der Waals surface area contributed by atoms with Crippen molar-refractivity contribution in [1.29, 1.82) is 0 Å². The van der Waals surface area contributed by atoms with Crippen molar-refractivity contribution in [2.75, 3.05) is 26.7 Å². The van der Waals surface area contributed by atoms with Crippen LogP contribution in [0.1, 0.15) is 13.8 Å². The average Bonchev–Trinajstić information content (AvgIpc) is 1.77. The molecule has 0 spiro atoms. The van der Waals surface area contributed by atoms with Gasteiger partial charge in [0.1, 0.15) is 0 Å². The number of likely N-dealkylation sites (tertiary alicyclic amines) is 1. The predicted molar refractivity (Wildman–Crippen MR) is 42.1 cm³/mol. The molecular formula is C8H17NO. The van der Waals surface area contributed by atoms with Gasteiger partial charge in [-0.05, 0) is 13.0 Å². The summed E-state index contributed by atoms with van der Waals surface area (Å²) in [6.45, 7) is 7.52. The summed E-state index contributed by atoms with van der Waals surface area (Å²) in [6, 6.07) is 0. The van der Waals surface area contributed by atoms with Crippen molar-refractivity contribution < 1.29 is 4.74 Å². The lowest BCUT2D eigenvalue weighted by Gasteiger charge is -2.36. The Kier molecular flexibility index (Phi) is 2.69. The van der Waals surface area contributed by atoms with Crippen LogP contribution < -0.4 is 0 Å². The normalized spacial score (nSPS) is 21.6. The van der Waals surface area contributed by atoms with E-state index >= 15 is 0 Å². The quantitative estimate of drug-likeness (QED) is 0.584. The van der Waals surface area contributed by atoms with E-state index in [1.54, 1.807) is 0 Å². The van der Waals surface area contributed by atoms with Gasteiger partial charge in [0.05, 0.1) is 6.10 Å². The molecule has 1 saturated heterocycles. The number of hydrogen-bond acceptors (Lipinski definition) is 2. The van der Waals surface area contributed by atoms with Crippen LogP contribution in [0.2, 0.25) is 0 Å². The van der Waals surface area contributed by atoms with Crippen LogP contribution in [0.3, 0.4) is 0 Å². The SMILES string of the molecule is CC(C)COC1CN(C)C1. The summed E-state index contributed by atoms with van der Waals surface area (Å²) in [5.41, 5.74) is 0. The third kappa shape index (κ3) is 2.27. The van der Waals surface area contributed by atoms with Crippen molar-refractivity contribution in [3.8, 4) is 0 Å². The fourth-order valence-electron chi connectivity index (χ4n) is 1.08. The summed E-state index contributed by atoms with van der Waals surface area (Å²) in [4.78, 5) is 2.27. The molecule has 0 radical (unpaired) electrons. The van der Waals surface area contributed by atoms with E-state index in [9.17, 15) is 0 Å². The van der Waals surface area contributed by atoms with Gasteiger partial charge < -0.3 is 9.64 Å². The molecule has 1 aliphatic rings. The molecule has 0 N–H and O–H groups in total. The molecule has 1 heterocycles. The first kappa shape index (κ1) is 8.02. The monoisotopic (exact) mass is 143 g/mol. The van der Waals surface area contributed by atoms with Crippen molar-refractivity contribution in [2.24, 2.45) is 5.92 Å². The van der Waals surface area contributed by atoms with E-state index in [0.717, 1.165) is 19.7 Å². The Morgan fingerprint density at radius 1 is 1.50 bits per heavy atom. The molecular weight excluding hydrogens is 126 g/mol. The molecule has 60 valence electrons. The van der Waals surface area contributed by atoms with Gasteiger partial charge in [0.25, 0.3) is 0 Å². The fourth-order valence-corrected chi connectivity index (χ4v) is 1.08. The molecule has 10 heavy (non-hydrogen) atoms. The Balaban J connectivity index is 1.95. The maximum absolute atomic E-state index is 5.57. The molecule has 0 aromatic heterocycles. The Labute approximate surface area is 63.2 Å². The minimum absolute atomic E-state index is 0.521. The molecule has 1 aliphatic heterocycles. The van der Waals surface area contributed by atoms with Gasteiger partial charge in [0, 0.05) is 19.7 Å². The molecule has 0 bridgehead atoms. The highest BCUT2D eigenvalue weighted by atomic mass is 16.5. The summed E-state index contributed by atoms with van der Waals surface area (Å²) >= 11 is 0. The Morgan fingerprint density at radius 3 is 2.50 bits per heavy atom. The van der Waals surface area contributed by atoms with E-state index in [1.807, 2.05) is 0 Å². The first-order chi connectivity index (χ1) is 4.68. The summed E-state index contributed by atoms with van der Waals surface area (Å²) in [6.07, 6.45) is 0.521. The van der Waals surface area contributed by atoms with E-state index in [1.165, 1.54) is 0 Å². The Hall–Kier alpha value is -0.0800. The molecule has 1 rings (SSSR count). The third-order valence-electron chi connectivity index (χ3n) is 1.70. The highest BCUT2D eigenvalue weighted by Crippen LogP contribution is 2.09. The first-order valence-corrected chi connectivity index (χ1v) is 3.98. The second-order valence-corrected chi connectivity index (χ2v) is 3.57. The van der Waals surface area contributed by atoms with Crippen LogP contribution >= 0.6 is 0 Å². The maximum Gasteiger partial charge on any atom is 0.0828 e. The van der Waals surface area contributed by atoms with E-state index in [2.05, 4.69) is 25.8 Å². The molecule has 0 atom stereocenters. The minimum Gasteiger partial charge on any atom is -0.375 e. The maximum atomic E-state index is 5.57. The zero-order chi connectivity index (χ0) is 7.56. The number of ether oxygens (including phenoxy) is 1. The van der Waals surface area contributed by atoms with Crippen LogP contribution in [0, 0.1) is 5.92 Å². The van der Waals surface area contributed by atoms with Crippen molar-refractivity contribution in [3.05, 3.63) is 0 Å². The van der Waals surface area contributed by atoms with Gasteiger partial charge in [-0.2, -0.15) is 0 Å². The molecule has 1 fully saturated rings. The summed E-state index contributed by atoms with van der Waals surface area (Å²) in [5, 5.41) is 0. The number of hydrogen-bond donors (Lipinski definition) is 0. The third-order valence-corrected chi connectivity index (χ3v) is 1.70. The lowest BCUT2D eigenvalue weighted by Crippen LogP contribution is -2.49. The molecule has 0 aliphatic carbocycles. The topological polar surface area (TPSA) is 12.5 Å². The second-order valence-electron chi connectivity index (χ2n) is 3.57. The molecule has 2 nitrogen and oxygen atoms in total. The van der Waals surface area contributed by atoms with Crippen molar-refractivity contribution in [2.45, 2.75) is 20.0 Å². The average molecular weight is 143 g/mol. The van der Waals surface area contributed by atoms with E-state index < -0.39 is 0 Å². The second kappa shape index (κ2) is 3.35. The molecule has 2 heteroatoms. The summed E-state index contributed by atoms with van der Waals surface area (Å²) in [7, 11) is 2.12. The van der Waals surface area contributed by atoms with Gasteiger partial charge >= 0.3 is 0 Å². The van der Waals surface area contributed by atoms with E-state index in [-0.39, 0.29) is 0 Å². The van der Waals surface area contributed by atoms with Crippen LogP contribution in [-0.4, -0.2) is 37.7 Å². The van der Waals surface area contributed by atoms with Crippen LogP contribution in [0.5, 0.6) is 0 Å². The van der Waals surface area contributed by atoms with Crippen LogP contribution in [-0.2, 0) is 4.74 Å². The lowest BCUT2D eigenvalue weighted by atomic mass is 10.2. The van der Waals surface area contributed by atoms with Crippen molar-refractivity contribution in [1.82, 2.24) is 4.90 Å². The van der Waals surface area contributed by atoms with E-state index in [0.29, 0.717) is 12.0 Å². The van der Waals surface area contributed by atoms with Crippen LogP contribution in [0.25, 0.3) is 0 Å². The number of likely N-dealkylation sites (N-methyl/N-ethyl adjacent to an activating group) is 1. The van der Waals surface area contributed by atoms with E-state index in [4.69, 9.17) is 4.74 Å². The molecule has 0 aromatic carbocycles.